The molecule has 0 aromatic heterocycles. The number of hydrogen-bond acceptors (Lipinski definition) is 2. The first-order valence-corrected chi connectivity index (χ1v) is 8.24. The van der Waals surface area contributed by atoms with Crippen LogP contribution in [0.4, 0.5) is 0 Å². The zero-order chi connectivity index (χ0) is 13.9. The SMILES string of the molecule is Cc1ccc(CNC2CCSc3ccccc32)c(C)c1. The highest BCUT2D eigenvalue weighted by Gasteiger charge is 2.19. The van der Waals surface area contributed by atoms with Crippen molar-refractivity contribution in [2.24, 2.45) is 0 Å². The fourth-order valence-electron chi connectivity index (χ4n) is 2.83. The highest BCUT2D eigenvalue weighted by atomic mass is 32.2. The third-order valence-corrected chi connectivity index (χ3v) is 5.12. The van der Waals surface area contributed by atoms with E-state index in [2.05, 4.69) is 61.6 Å². The zero-order valence-corrected chi connectivity index (χ0v) is 13.0. The molecule has 104 valence electrons. The molecule has 1 heterocycles. The third kappa shape index (κ3) is 2.92. The molecule has 0 aliphatic carbocycles. The fraction of sp³-hybridized carbons (Fsp3) is 0.333. The molecule has 0 amide bonds. The summed E-state index contributed by atoms with van der Waals surface area (Å²) >= 11 is 1.98. The van der Waals surface area contributed by atoms with Crippen LogP contribution in [-0.2, 0) is 6.54 Å². The molecule has 1 aliphatic rings. The number of fused-ring (bicyclic) bond motifs is 1. The first kappa shape index (κ1) is 13.7. The van der Waals surface area contributed by atoms with Gasteiger partial charge in [-0.05, 0) is 48.8 Å². The molecule has 1 N–H and O–H groups in total. The van der Waals surface area contributed by atoms with Gasteiger partial charge < -0.3 is 5.32 Å². The van der Waals surface area contributed by atoms with Crippen LogP contribution in [0, 0.1) is 13.8 Å². The van der Waals surface area contributed by atoms with Crippen LogP contribution >= 0.6 is 11.8 Å². The lowest BCUT2D eigenvalue weighted by Crippen LogP contribution is -2.24. The topological polar surface area (TPSA) is 12.0 Å². The smallest absolute Gasteiger partial charge is 0.0342 e. The Bertz CT molecular complexity index is 606. The molecule has 1 atom stereocenters. The van der Waals surface area contributed by atoms with Crippen LogP contribution in [0.15, 0.2) is 47.4 Å². The van der Waals surface area contributed by atoms with E-state index in [1.54, 1.807) is 0 Å². The van der Waals surface area contributed by atoms with Gasteiger partial charge in [0.25, 0.3) is 0 Å². The van der Waals surface area contributed by atoms with Gasteiger partial charge in [0.1, 0.15) is 0 Å². The molecule has 1 aliphatic heterocycles. The summed E-state index contributed by atoms with van der Waals surface area (Å²) in [6.07, 6.45) is 1.21. The largest absolute Gasteiger partial charge is 0.306 e. The van der Waals surface area contributed by atoms with Crippen molar-refractivity contribution in [1.82, 2.24) is 5.32 Å². The van der Waals surface area contributed by atoms with Crippen LogP contribution in [-0.4, -0.2) is 5.75 Å². The second-order valence-corrected chi connectivity index (χ2v) is 6.68. The molecule has 1 nitrogen and oxygen atoms in total. The van der Waals surface area contributed by atoms with E-state index in [0.717, 1.165) is 6.54 Å². The molecular weight excluding hydrogens is 262 g/mol. The Morgan fingerprint density at radius 2 is 2.00 bits per heavy atom. The van der Waals surface area contributed by atoms with E-state index in [0.29, 0.717) is 6.04 Å². The number of hydrogen-bond donors (Lipinski definition) is 1. The van der Waals surface area contributed by atoms with Crippen molar-refractivity contribution in [2.75, 3.05) is 5.75 Å². The first-order valence-electron chi connectivity index (χ1n) is 7.25. The van der Waals surface area contributed by atoms with Crippen LogP contribution in [0.1, 0.15) is 34.7 Å². The Morgan fingerprint density at radius 1 is 1.15 bits per heavy atom. The average molecular weight is 283 g/mol. The van der Waals surface area contributed by atoms with E-state index in [4.69, 9.17) is 0 Å². The highest BCUT2D eigenvalue weighted by molar-refractivity contribution is 7.99. The monoisotopic (exact) mass is 283 g/mol. The van der Waals surface area contributed by atoms with Crippen molar-refractivity contribution in [2.45, 2.75) is 37.8 Å². The van der Waals surface area contributed by atoms with Crippen LogP contribution in [0.5, 0.6) is 0 Å². The van der Waals surface area contributed by atoms with E-state index in [9.17, 15) is 0 Å². The summed E-state index contributed by atoms with van der Waals surface area (Å²) in [4.78, 5) is 1.44. The maximum atomic E-state index is 3.74. The van der Waals surface area contributed by atoms with Gasteiger partial charge in [0.15, 0.2) is 0 Å². The standard InChI is InChI=1S/C18H21NS/c1-13-7-8-15(14(2)11-13)12-19-17-9-10-20-18-6-4-3-5-16(17)18/h3-8,11,17,19H,9-10,12H2,1-2H3. The van der Waals surface area contributed by atoms with Gasteiger partial charge in [-0.15, -0.1) is 11.8 Å². The zero-order valence-electron chi connectivity index (χ0n) is 12.1. The summed E-state index contributed by atoms with van der Waals surface area (Å²) in [7, 11) is 0. The molecule has 2 heteroatoms. The van der Waals surface area contributed by atoms with Crippen molar-refractivity contribution < 1.29 is 0 Å². The minimum absolute atomic E-state index is 0.494. The molecule has 3 rings (SSSR count). The quantitative estimate of drug-likeness (QED) is 0.881. The van der Waals surface area contributed by atoms with Gasteiger partial charge in [0.2, 0.25) is 0 Å². The van der Waals surface area contributed by atoms with Crippen molar-refractivity contribution in [3.05, 3.63) is 64.7 Å². The van der Waals surface area contributed by atoms with E-state index < -0.39 is 0 Å². The number of benzene rings is 2. The van der Waals surface area contributed by atoms with E-state index in [1.165, 1.54) is 39.3 Å². The molecule has 2 aromatic rings. The lowest BCUT2D eigenvalue weighted by molar-refractivity contribution is 0.509. The van der Waals surface area contributed by atoms with Crippen LogP contribution < -0.4 is 5.32 Å². The fourth-order valence-corrected chi connectivity index (χ4v) is 3.96. The number of thioether (sulfide) groups is 1. The second-order valence-electron chi connectivity index (χ2n) is 5.54. The number of rotatable bonds is 3. The van der Waals surface area contributed by atoms with Crippen LogP contribution in [0.2, 0.25) is 0 Å². The Kier molecular flexibility index (Phi) is 4.13. The third-order valence-electron chi connectivity index (χ3n) is 4.00. The molecule has 20 heavy (non-hydrogen) atoms. The molecule has 0 fully saturated rings. The Hall–Kier alpha value is -1.25. The molecule has 1 unspecified atom stereocenters. The van der Waals surface area contributed by atoms with Gasteiger partial charge >= 0.3 is 0 Å². The lowest BCUT2D eigenvalue weighted by atomic mass is 10.0. The van der Waals surface area contributed by atoms with Crippen LogP contribution in [0.25, 0.3) is 0 Å². The molecule has 0 radical (unpaired) electrons. The van der Waals surface area contributed by atoms with Gasteiger partial charge in [0, 0.05) is 17.5 Å². The lowest BCUT2D eigenvalue weighted by Gasteiger charge is -2.26. The van der Waals surface area contributed by atoms with E-state index >= 15 is 0 Å². The molecule has 0 bridgehead atoms. The average Bonchev–Trinajstić information content (AvgIpc) is 2.46. The van der Waals surface area contributed by atoms with Crippen molar-refractivity contribution in [3.8, 4) is 0 Å². The van der Waals surface area contributed by atoms with Gasteiger partial charge in [0.05, 0.1) is 0 Å². The Balaban J connectivity index is 1.73. The van der Waals surface area contributed by atoms with Crippen molar-refractivity contribution in [3.63, 3.8) is 0 Å². The molecule has 0 saturated heterocycles. The van der Waals surface area contributed by atoms with E-state index in [1.807, 2.05) is 11.8 Å². The Labute approximate surface area is 125 Å². The Morgan fingerprint density at radius 3 is 2.85 bits per heavy atom. The summed E-state index contributed by atoms with van der Waals surface area (Å²) in [6, 6.07) is 16.0. The molecule has 0 saturated carbocycles. The maximum absolute atomic E-state index is 3.74. The van der Waals surface area contributed by atoms with Crippen molar-refractivity contribution in [1.29, 1.82) is 0 Å². The van der Waals surface area contributed by atoms with Gasteiger partial charge in [-0.2, -0.15) is 0 Å². The van der Waals surface area contributed by atoms with Crippen molar-refractivity contribution >= 4 is 11.8 Å². The minimum atomic E-state index is 0.494. The molecular formula is C18H21NS. The maximum Gasteiger partial charge on any atom is 0.0342 e. The summed E-state index contributed by atoms with van der Waals surface area (Å²) in [5.74, 6) is 1.21. The minimum Gasteiger partial charge on any atom is -0.306 e. The van der Waals surface area contributed by atoms with Gasteiger partial charge in [-0.3, -0.25) is 0 Å². The van der Waals surface area contributed by atoms with Gasteiger partial charge in [-0.1, -0.05) is 42.0 Å². The summed E-state index contributed by atoms with van der Waals surface area (Å²) < 4.78 is 0. The number of aryl methyl sites for hydroxylation is 2. The summed E-state index contributed by atoms with van der Waals surface area (Å²) in [5.41, 5.74) is 5.60. The summed E-state index contributed by atoms with van der Waals surface area (Å²) in [5, 5.41) is 3.74. The summed E-state index contributed by atoms with van der Waals surface area (Å²) in [6.45, 7) is 5.31. The normalized spacial score (nSPS) is 17.8. The molecule has 0 spiro atoms. The predicted octanol–water partition coefficient (Wildman–Crippen LogP) is 4.63. The predicted molar refractivity (Wildman–Crippen MR) is 87.3 cm³/mol. The van der Waals surface area contributed by atoms with Gasteiger partial charge in [-0.25, -0.2) is 0 Å². The second kappa shape index (κ2) is 6.02. The van der Waals surface area contributed by atoms with E-state index in [-0.39, 0.29) is 0 Å². The molecule has 2 aromatic carbocycles. The van der Waals surface area contributed by atoms with Crippen LogP contribution in [0.3, 0.4) is 0 Å². The highest BCUT2D eigenvalue weighted by Crippen LogP contribution is 2.35. The number of nitrogens with one attached hydrogen (secondary N) is 1. The first-order chi connectivity index (χ1) is 9.74.